The minimum absolute atomic E-state index is 0.00381. The molecule has 1 aromatic rings. The number of carbonyl (C=O) groups excluding carboxylic acids is 1. The average molecular weight is 274 g/mol. The Morgan fingerprint density at radius 2 is 2.22 bits per heavy atom. The van der Waals surface area contributed by atoms with E-state index in [2.05, 4.69) is 0 Å². The molecule has 3 nitrogen and oxygen atoms in total. The Hall–Kier alpha value is -1.67. The van der Waals surface area contributed by atoms with Crippen LogP contribution in [0.25, 0.3) is 0 Å². The Balaban J connectivity index is 3.43. The molecule has 0 radical (unpaired) electrons. The summed E-state index contributed by atoms with van der Waals surface area (Å²) in [4.78, 5) is 11.6. The van der Waals surface area contributed by atoms with Crippen LogP contribution in [0.2, 0.25) is 0 Å². The number of benzene rings is 1. The van der Waals surface area contributed by atoms with Gasteiger partial charge in [0.15, 0.2) is 0 Å². The number of alkyl halides is 3. The van der Waals surface area contributed by atoms with Crippen molar-refractivity contribution in [1.82, 2.24) is 0 Å². The van der Waals surface area contributed by atoms with Gasteiger partial charge in [0.1, 0.15) is 0 Å². The third kappa shape index (κ3) is 2.96. The molecule has 0 fully saturated rings. The summed E-state index contributed by atoms with van der Waals surface area (Å²) in [5.74, 6) is -1.01. The fourth-order valence-corrected chi connectivity index (χ4v) is 1.79. The SMILES string of the molecule is CCOC(=O)c1cc(C#N)cc(C(F)F)c1CCl. The second kappa shape index (κ2) is 6.31. The standard InChI is InChI=1S/C12H10ClF2NO2/c1-2-18-12(17)9-4-7(6-16)3-8(11(14)15)10(9)5-13/h3-4,11H,2,5H2,1H3. The summed E-state index contributed by atoms with van der Waals surface area (Å²) in [5, 5.41) is 8.76. The van der Waals surface area contributed by atoms with Crippen LogP contribution in [0.15, 0.2) is 12.1 Å². The lowest BCUT2D eigenvalue weighted by Gasteiger charge is -2.12. The van der Waals surface area contributed by atoms with Crippen molar-refractivity contribution in [2.24, 2.45) is 0 Å². The highest BCUT2D eigenvalue weighted by Gasteiger charge is 2.21. The van der Waals surface area contributed by atoms with Crippen LogP contribution >= 0.6 is 11.6 Å². The van der Waals surface area contributed by atoms with Crippen molar-refractivity contribution in [3.05, 3.63) is 34.4 Å². The van der Waals surface area contributed by atoms with Gasteiger partial charge >= 0.3 is 5.97 Å². The molecule has 6 heteroatoms. The van der Waals surface area contributed by atoms with E-state index in [1.165, 1.54) is 6.07 Å². The molecule has 0 aliphatic carbocycles. The van der Waals surface area contributed by atoms with Gasteiger partial charge in [-0.2, -0.15) is 5.26 Å². The van der Waals surface area contributed by atoms with E-state index in [4.69, 9.17) is 21.6 Å². The molecule has 1 aromatic carbocycles. The van der Waals surface area contributed by atoms with Crippen molar-refractivity contribution in [2.45, 2.75) is 19.2 Å². The predicted octanol–water partition coefficient (Wildman–Crippen LogP) is 3.41. The number of hydrogen-bond acceptors (Lipinski definition) is 3. The number of ether oxygens (including phenoxy) is 1. The first-order chi connectivity index (χ1) is 8.54. The third-order valence-corrected chi connectivity index (χ3v) is 2.54. The zero-order chi connectivity index (χ0) is 13.7. The Labute approximate surface area is 108 Å². The van der Waals surface area contributed by atoms with Crippen molar-refractivity contribution in [3.8, 4) is 6.07 Å². The summed E-state index contributed by atoms with van der Waals surface area (Å²) < 4.78 is 30.4. The third-order valence-electron chi connectivity index (χ3n) is 2.28. The fourth-order valence-electron chi connectivity index (χ4n) is 1.49. The van der Waals surface area contributed by atoms with E-state index in [0.717, 1.165) is 6.07 Å². The zero-order valence-electron chi connectivity index (χ0n) is 9.54. The van der Waals surface area contributed by atoms with Gasteiger partial charge in [0.05, 0.1) is 23.8 Å². The number of carbonyl (C=O) groups is 1. The zero-order valence-corrected chi connectivity index (χ0v) is 10.3. The van der Waals surface area contributed by atoms with Crippen LogP contribution in [0.3, 0.4) is 0 Å². The second-order valence-corrected chi connectivity index (χ2v) is 3.63. The minimum atomic E-state index is -2.81. The lowest BCUT2D eigenvalue weighted by molar-refractivity contribution is 0.0524. The van der Waals surface area contributed by atoms with Crippen LogP contribution < -0.4 is 0 Å². The van der Waals surface area contributed by atoms with Gasteiger partial charge in [-0.3, -0.25) is 0 Å². The molecule has 0 N–H and O–H groups in total. The lowest BCUT2D eigenvalue weighted by atomic mass is 9.99. The Bertz CT molecular complexity index is 498. The summed E-state index contributed by atoms with van der Waals surface area (Å²) in [6.07, 6.45) is -2.81. The summed E-state index contributed by atoms with van der Waals surface area (Å²) in [7, 11) is 0. The molecule has 0 heterocycles. The molecule has 0 saturated carbocycles. The van der Waals surface area contributed by atoms with E-state index in [1.807, 2.05) is 0 Å². The van der Waals surface area contributed by atoms with Crippen molar-refractivity contribution in [2.75, 3.05) is 6.61 Å². The van der Waals surface area contributed by atoms with E-state index < -0.39 is 18.0 Å². The van der Waals surface area contributed by atoms with Crippen molar-refractivity contribution in [3.63, 3.8) is 0 Å². The maximum absolute atomic E-state index is 12.8. The van der Waals surface area contributed by atoms with Crippen molar-refractivity contribution in [1.29, 1.82) is 5.26 Å². The molecule has 0 aromatic heterocycles. The number of hydrogen-bond donors (Lipinski definition) is 0. The average Bonchev–Trinajstić information content (AvgIpc) is 2.37. The summed E-state index contributed by atoms with van der Waals surface area (Å²) in [6.45, 7) is 1.71. The molecule has 0 bridgehead atoms. The quantitative estimate of drug-likeness (QED) is 0.624. The van der Waals surface area contributed by atoms with Crippen molar-refractivity contribution >= 4 is 17.6 Å². The summed E-state index contributed by atoms with van der Waals surface area (Å²) >= 11 is 5.60. The summed E-state index contributed by atoms with van der Waals surface area (Å²) in [5.41, 5.74) is -0.514. The van der Waals surface area contributed by atoms with Gasteiger partial charge in [0.25, 0.3) is 6.43 Å². The van der Waals surface area contributed by atoms with Crippen LogP contribution in [0.4, 0.5) is 8.78 Å². The second-order valence-electron chi connectivity index (χ2n) is 3.36. The normalized spacial score (nSPS) is 10.2. The van der Waals surface area contributed by atoms with E-state index in [9.17, 15) is 13.6 Å². The first kappa shape index (κ1) is 14.4. The monoisotopic (exact) mass is 273 g/mol. The molecule has 1 rings (SSSR count). The van der Waals surface area contributed by atoms with E-state index in [-0.39, 0.29) is 29.2 Å². The maximum atomic E-state index is 12.8. The maximum Gasteiger partial charge on any atom is 0.338 e. The number of nitriles is 1. The molecule has 0 amide bonds. The lowest BCUT2D eigenvalue weighted by Crippen LogP contribution is -2.10. The number of rotatable bonds is 4. The molecule has 18 heavy (non-hydrogen) atoms. The van der Waals surface area contributed by atoms with Crippen molar-refractivity contribution < 1.29 is 18.3 Å². The Morgan fingerprint density at radius 1 is 1.56 bits per heavy atom. The van der Waals surface area contributed by atoms with Gasteiger partial charge in [0.2, 0.25) is 0 Å². The number of esters is 1. The first-order valence-corrected chi connectivity index (χ1v) is 5.66. The van der Waals surface area contributed by atoms with Crippen LogP contribution in [0.1, 0.15) is 40.4 Å². The molecular weight excluding hydrogens is 264 g/mol. The van der Waals surface area contributed by atoms with Crippen LogP contribution in [-0.2, 0) is 10.6 Å². The van der Waals surface area contributed by atoms with Gasteiger partial charge in [-0.1, -0.05) is 0 Å². The largest absolute Gasteiger partial charge is 0.462 e. The number of halogens is 3. The molecular formula is C12H10ClF2NO2. The highest BCUT2D eigenvalue weighted by atomic mass is 35.5. The molecule has 0 unspecified atom stereocenters. The van der Waals surface area contributed by atoms with Crippen LogP contribution in [0.5, 0.6) is 0 Å². The number of nitrogens with zero attached hydrogens (tertiary/aromatic N) is 1. The predicted molar refractivity (Wildman–Crippen MR) is 61.6 cm³/mol. The van der Waals surface area contributed by atoms with Gasteiger partial charge in [-0.25, -0.2) is 13.6 Å². The van der Waals surface area contributed by atoms with Gasteiger partial charge < -0.3 is 4.74 Å². The smallest absolute Gasteiger partial charge is 0.338 e. The first-order valence-electron chi connectivity index (χ1n) is 5.13. The molecule has 0 aliphatic rings. The summed E-state index contributed by atoms with van der Waals surface area (Å²) in [6, 6.07) is 3.97. The molecule has 96 valence electrons. The highest BCUT2D eigenvalue weighted by Crippen LogP contribution is 2.29. The van der Waals surface area contributed by atoms with Gasteiger partial charge in [0, 0.05) is 11.4 Å². The molecule has 0 saturated heterocycles. The van der Waals surface area contributed by atoms with Crippen LogP contribution in [0, 0.1) is 11.3 Å². The molecule has 0 atom stereocenters. The fraction of sp³-hybridized carbons (Fsp3) is 0.333. The van der Waals surface area contributed by atoms with Gasteiger partial charge in [-0.05, 0) is 24.6 Å². The van der Waals surface area contributed by atoms with E-state index in [0.29, 0.717) is 0 Å². The Kier molecular flexibility index (Phi) is 5.05. The van der Waals surface area contributed by atoms with Gasteiger partial charge in [-0.15, -0.1) is 11.6 Å². The Morgan fingerprint density at radius 3 is 2.67 bits per heavy atom. The van der Waals surface area contributed by atoms with E-state index >= 15 is 0 Å². The molecule has 0 aliphatic heterocycles. The topological polar surface area (TPSA) is 50.1 Å². The minimum Gasteiger partial charge on any atom is -0.462 e. The highest BCUT2D eigenvalue weighted by molar-refractivity contribution is 6.17. The van der Waals surface area contributed by atoms with Crippen LogP contribution in [-0.4, -0.2) is 12.6 Å². The van der Waals surface area contributed by atoms with E-state index in [1.54, 1.807) is 13.0 Å². The molecule has 0 spiro atoms.